The predicted molar refractivity (Wildman–Crippen MR) is 119 cm³/mol. The van der Waals surface area contributed by atoms with Crippen molar-refractivity contribution in [2.45, 2.75) is 19.8 Å². The summed E-state index contributed by atoms with van der Waals surface area (Å²) in [5, 5.41) is 6.78. The van der Waals surface area contributed by atoms with Crippen LogP contribution in [0.2, 0.25) is 0 Å². The third-order valence-electron chi connectivity index (χ3n) is 4.46. The van der Waals surface area contributed by atoms with Crippen LogP contribution in [0.4, 0.5) is 5.69 Å². The monoisotopic (exact) mass is 476 g/mol. The average Bonchev–Trinajstić information content (AvgIpc) is 3.11. The van der Waals surface area contributed by atoms with Gasteiger partial charge in [0, 0.05) is 52.0 Å². The highest BCUT2D eigenvalue weighted by Gasteiger charge is 2.20. The molecule has 1 aliphatic rings. The van der Waals surface area contributed by atoms with Gasteiger partial charge in [0.15, 0.2) is 5.96 Å². The summed E-state index contributed by atoms with van der Waals surface area (Å²) in [4.78, 5) is 6.82. The van der Waals surface area contributed by atoms with Crippen molar-refractivity contribution in [2.24, 2.45) is 10.9 Å². The van der Waals surface area contributed by atoms with E-state index < -0.39 is 0 Å². The molecule has 0 amide bonds. The van der Waals surface area contributed by atoms with Gasteiger partial charge in [-0.25, -0.2) is 0 Å². The van der Waals surface area contributed by atoms with Crippen LogP contribution in [0.5, 0.6) is 5.75 Å². The van der Waals surface area contributed by atoms with Crippen molar-refractivity contribution in [3.8, 4) is 5.75 Å². The molecule has 1 unspecified atom stereocenters. The number of aliphatic imine (C=N–C) groups is 1. The topological polar surface area (TPSA) is 58.1 Å². The first kappa shape index (κ1) is 23.0. The number of anilines is 1. The van der Waals surface area contributed by atoms with Crippen molar-refractivity contribution in [2.75, 3.05) is 58.9 Å². The Hall–Kier alpha value is -1.06. The quantitative estimate of drug-likeness (QED) is 0.248. The standard InChI is InChI=1S/C19H32N4O2.HI/c1-4-23-10-9-16(15-23)14-21-19(20-2)22-17-7-5-8-18(13-17)25-12-6-11-24-3;/h5,7-8,13,16H,4,6,9-12,14-15H2,1-3H3,(H2,20,21,22);1H. The normalized spacial score (nSPS) is 17.7. The third kappa shape index (κ3) is 8.09. The van der Waals surface area contributed by atoms with E-state index in [0.29, 0.717) is 19.1 Å². The second kappa shape index (κ2) is 13.2. The van der Waals surface area contributed by atoms with Gasteiger partial charge in [0.2, 0.25) is 0 Å². The lowest BCUT2D eigenvalue weighted by Gasteiger charge is -2.16. The zero-order chi connectivity index (χ0) is 17.9. The molecule has 148 valence electrons. The summed E-state index contributed by atoms with van der Waals surface area (Å²) in [5.74, 6) is 2.34. The van der Waals surface area contributed by atoms with Gasteiger partial charge >= 0.3 is 0 Å². The van der Waals surface area contributed by atoms with Crippen LogP contribution in [-0.4, -0.2) is 64.4 Å². The molecule has 0 bridgehead atoms. The van der Waals surface area contributed by atoms with Gasteiger partial charge in [0.05, 0.1) is 6.61 Å². The molecule has 0 spiro atoms. The van der Waals surface area contributed by atoms with Crippen LogP contribution in [0.25, 0.3) is 0 Å². The molecule has 1 aliphatic heterocycles. The first-order valence-electron chi connectivity index (χ1n) is 9.17. The molecule has 0 aliphatic carbocycles. The Morgan fingerprint density at radius 3 is 2.88 bits per heavy atom. The molecule has 6 nitrogen and oxygen atoms in total. The molecular formula is C19H33IN4O2. The Balaban J connectivity index is 0.00000338. The maximum absolute atomic E-state index is 5.74. The van der Waals surface area contributed by atoms with E-state index in [1.165, 1.54) is 19.5 Å². The summed E-state index contributed by atoms with van der Waals surface area (Å²) in [6.45, 7) is 8.05. The lowest BCUT2D eigenvalue weighted by Crippen LogP contribution is -2.35. The van der Waals surface area contributed by atoms with E-state index in [-0.39, 0.29) is 24.0 Å². The summed E-state index contributed by atoms with van der Waals surface area (Å²) in [5.41, 5.74) is 0.971. The molecule has 1 atom stereocenters. The zero-order valence-corrected chi connectivity index (χ0v) is 18.5. The number of methoxy groups -OCH3 is 1. The second-order valence-electron chi connectivity index (χ2n) is 6.35. The summed E-state index contributed by atoms with van der Waals surface area (Å²) in [6, 6.07) is 7.96. The average molecular weight is 476 g/mol. The largest absolute Gasteiger partial charge is 0.493 e. The molecule has 1 saturated heterocycles. The van der Waals surface area contributed by atoms with Crippen LogP contribution < -0.4 is 15.4 Å². The minimum atomic E-state index is 0. The molecule has 7 heteroatoms. The van der Waals surface area contributed by atoms with Crippen molar-refractivity contribution in [3.63, 3.8) is 0 Å². The van der Waals surface area contributed by atoms with Crippen LogP contribution in [0.15, 0.2) is 29.3 Å². The molecule has 26 heavy (non-hydrogen) atoms. The fourth-order valence-electron chi connectivity index (χ4n) is 2.98. The number of ether oxygens (including phenoxy) is 2. The van der Waals surface area contributed by atoms with Gasteiger partial charge in [-0.05, 0) is 37.6 Å². The Labute approximate surface area is 174 Å². The number of likely N-dealkylation sites (tertiary alicyclic amines) is 1. The number of nitrogens with zero attached hydrogens (tertiary/aromatic N) is 2. The van der Waals surface area contributed by atoms with Gasteiger partial charge in [-0.2, -0.15) is 0 Å². The molecule has 1 fully saturated rings. The molecule has 0 saturated carbocycles. The Kier molecular flexibility index (Phi) is 11.6. The van der Waals surface area contributed by atoms with Crippen molar-refractivity contribution >= 4 is 35.6 Å². The maximum atomic E-state index is 5.74. The number of rotatable bonds is 9. The lowest BCUT2D eigenvalue weighted by atomic mass is 10.1. The van der Waals surface area contributed by atoms with Crippen molar-refractivity contribution in [3.05, 3.63) is 24.3 Å². The Morgan fingerprint density at radius 1 is 1.35 bits per heavy atom. The van der Waals surface area contributed by atoms with Crippen LogP contribution in [0.1, 0.15) is 19.8 Å². The summed E-state index contributed by atoms with van der Waals surface area (Å²) in [6.07, 6.45) is 2.14. The van der Waals surface area contributed by atoms with Gasteiger partial charge in [-0.1, -0.05) is 13.0 Å². The third-order valence-corrected chi connectivity index (χ3v) is 4.46. The second-order valence-corrected chi connectivity index (χ2v) is 6.35. The van der Waals surface area contributed by atoms with Gasteiger partial charge in [0.25, 0.3) is 0 Å². The van der Waals surface area contributed by atoms with E-state index in [0.717, 1.165) is 36.9 Å². The highest BCUT2D eigenvalue weighted by molar-refractivity contribution is 14.0. The number of hydrogen-bond acceptors (Lipinski definition) is 4. The van der Waals surface area contributed by atoms with Gasteiger partial charge in [-0.3, -0.25) is 4.99 Å². The number of benzene rings is 1. The van der Waals surface area contributed by atoms with Crippen molar-refractivity contribution in [1.82, 2.24) is 10.2 Å². The van der Waals surface area contributed by atoms with Crippen LogP contribution in [-0.2, 0) is 4.74 Å². The van der Waals surface area contributed by atoms with Crippen LogP contribution in [0.3, 0.4) is 0 Å². The SMILES string of the molecule is CCN1CCC(CNC(=NC)Nc2cccc(OCCCOC)c2)C1.I. The molecule has 0 radical (unpaired) electrons. The maximum Gasteiger partial charge on any atom is 0.195 e. The van der Waals surface area contributed by atoms with E-state index in [2.05, 4.69) is 27.4 Å². The minimum Gasteiger partial charge on any atom is -0.493 e. The molecular weight excluding hydrogens is 443 g/mol. The van der Waals surface area contributed by atoms with Crippen LogP contribution >= 0.6 is 24.0 Å². The van der Waals surface area contributed by atoms with Crippen LogP contribution in [0, 0.1) is 5.92 Å². The Bertz CT molecular complexity index is 542. The molecule has 1 aromatic rings. The molecule has 2 N–H and O–H groups in total. The van der Waals surface area contributed by atoms with E-state index in [9.17, 15) is 0 Å². The van der Waals surface area contributed by atoms with Crippen molar-refractivity contribution < 1.29 is 9.47 Å². The predicted octanol–water partition coefficient (Wildman–Crippen LogP) is 3.05. The first-order chi connectivity index (χ1) is 12.2. The molecule has 0 aromatic heterocycles. The van der Waals surface area contributed by atoms with Gasteiger partial charge in [0.1, 0.15) is 5.75 Å². The number of guanidine groups is 1. The van der Waals surface area contributed by atoms with Crippen molar-refractivity contribution in [1.29, 1.82) is 0 Å². The molecule has 1 aromatic carbocycles. The van der Waals surface area contributed by atoms with E-state index in [1.807, 2.05) is 24.3 Å². The van der Waals surface area contributed by atoms with Gasteiger partial charge < -0.3 is 25.0 Å². The highest BCUT2D eigenvalue weighted by atomic mass is 127. The fourth-order valence-corrected chi connectivity index (χ4v) is 2.98. The number of halogens is 1. The number of hydrogen-bond donors (Lipinski definition) is 2. The van der Waals surface area contributed by atoms with E-state index >= 15 is 0 Å². The minimum absolute atomic E-state index is 0. The zero-order valence-electron chi connectivity index (χ0n) is 16.2. The van der Waals surface area contributed by atoms with E-state index in [1.54, 1.807) is 14.2 Å². The lowest BCUT2D eigenvalue weighted by molar-refractivity contribution is 0.172. The van der Waals surface area contributed by atoms with E-state index in [4.69, 9.17) is 9.47 Å². The first-order valence-corrected chi connectivity index (χ1v) is 9.17. The summed E-state index contributed by atoms with van der Waals surface area (Å²) < 4.78 is 10.8. The smallest absolute Gasteiger partial charge is 0.195 e. The molecule has 2 rings (SSSR count). The van der Waals surface area contributed by atoms with Gasteiger partial charge in [-0.15, -0.1) is 24.0 Å². The summed E-state index contributed by atoms with van der Waals surface area (Å²) >= 11 is 0. The fraction of sp³-hybridized carbons (Fsp3) is 0.632. The Morgan fingerprint density at radius 2 is 2.19 bits per heavy atom. The highest BCUT2D eigenvalue weighted by Crippen LogP contribution is 2.18. The number of nitrogens with one attached hydrogen (secondary N) is 2. The molecule has 1 heterocycles. The summed E-state index contributed by atoms with van der Waals surface area (Å²) in [7, 11) is 3.50.